The highest BCUT2D eigenvalue weighted by Gasteiger charge is 2.21. The lowest BCUT2D eigenvalue weighted by atomic mass is 9.95. The monoisotopic (exact) mass is 239 g/mol. The van der Waals surface area contributed by atoms with Crippen LogP contribution in [0.5, 0.6) is 5.75 Å². The molecule has 1 fully saturated rings. The first-order valence-corrected chi connectivity index (χ1v) is 5.58. The maximum absolute atomic E-state index is 13.4. The number of rotatable bonds is 2. The Morgan fingerprint density at radius 1 is 1.41 bits per heavy atom. The number of carboxylic acids is 1. The lowest BCUT2D eigenvalue weighted by Crippen LogP contribution is -2.27. The van der Waals surface area contributed by atoms with Crippen LogP contribution in [0.2, 0.25) is 0 Å². The van der Waals surface area contributed by atoms with Crippen molar-refractivity contribution < 1.29 is 19.4 Å². The molecule has 1 aliphatic heterocycles. The van der Waals surface area contributed by atoms with E-state index in [9.17, 15) is 14.3 Å². The molecule has 2 rings (SSSR count). The highest BCUT2D eigenvalue weighted by molar-refractivity contribution is 5.91. The van der Waals surface area contributed by atoms with Gasteiger partial charge in [-0.1, -0.05) is 6.42 Å². The minimum absolute atomic E-state index is 0.0306. The van der Waals surface area contributed by atoms with E-state index in [-0.39, 0.29) is 11.6 Å². The fraction of sp³-hybridized carbons (Fsp3) is 0.417. The number of aromatic hydroxyl groups is 1. The van der Waals surface area contributed by atoms with Crippen LogP contribution < -0.4 is 5.32 Å². The van der Waals surface area contributed by atoms with Gasteiger partial charge >= 0.3 is 5.97 Å². The first kappa shape index (κ1) is 11.9. The molecule has 1 aromatic rings. The van der Waals surface area contributed by atoms with Crippen LogP contribution in [-0.4, -0.2) is 22.7 Å². The van der Waals surface area contributed by atoms with E-state index in [0.29, 0.717) is 5.56 Å². The van der Waals surface area contributed by atoms with Crippen LogP contribution in [0.25, 0.3) is 0 Å². The zero-order valence-electron chi connectivity index (χ0n) is 9.24. The molecule has 0 amide bonds. The van der Waals surface area contributed by atoms with E-state index in [4.69, 9.17) is 5.11 Å². The quantitative estimate of drug-likeness (QED) is 0.738. The average molecular weight is 239 g/mol. The second-order valence-electron chi connectivity index (χ2n) is 4.21. The van der Waals surface area contributed by atoms with E-state index >= 15 is 0 Å². The van der Waals surface area contributed by atoms with Crippen molar-refractivity contribution in [3.63, 3.8) is 0 Å². The van der Waals surface area contributed by atoms with Crippen molar-refractivity contribution in [3.05, 3.63) is 29.1 Å². The zero-order valence-corrected chi connectivity index (χ0v) is 9.24. The summed E-state index contributed by atoms with van der Waals surface area (Å²) in [5.74, 6) is -3.00. The summed E-state index contributed by atoms with van der Waals surface area (Å²) in [6.45, 7) is 0.843. The molecule has 1 saturated heterocycles. The number of halogens is 1. The first-order chi connectivity index (χ1) is 8.09. The molecule has 0 radical (unpaired) electrons. The normalized spacial score (nSPS) is 20.2. The number of benzene rings is 1. The van der Waals surface area contributed by atoms with E-state index < -0.39 is 17.5 Å². The minimum Gasteiger partial charge on any atom is -0.504 e. The van der Waals surface area contributed by atoms with Crippen LogP contribution in [0.4, 0.5) is 4.39 Å². The van der Waals surface area contributed by atoms with Crippen LogP contribution in [0.1, 0.15) is 41.2 Å². The van der Waals surface area contributed by atoms with Gasteiger partial charge in [0.15, 0.2) is 11.6 Å². The van der Waals surface area contributed by atoms with E-state index in [2.05, 4.69) is 5.32 Å². The number of carbonyl (C=O) groups is 1. The van der Waals surface area contributed by atoms with Crippen LogP contribution in [0.3, 0.4) is 0 Å². The van der Waals surface area contributed by atoms with Crippen LogP contribution >= 0.6 is 0 Å². The van der Waals surface area contributed by atoms with E-state index in [1.165, 1.54) is 12.1 Å². The molecule has 0 aliphatic carbocycles. The standard InChI is InChI=1S/C12H14FNO3/c13-9-6-7(10-3-1-2-4-14-10)5-8(11(9)15)12(16)17/h5-6,10,14-15H,1-4H2,(H,16,17). The molecule has 1 aromatic carbocycles. The summed E-state index contributed by atoms with van der Waals surface area (Å²) in [5.41, 5.74) is 0.199. The summed E-state index contributed by atoms with van der Waals surface area (Å²) in [7, 11) is 0. The molecule has 5 heteroatoms. The lowest BCUT2D eigenvalue weighted by Gasteiger charge is -2.24. The van der Waals surface area contributed by atoms with Crippen molar-refractivity contribution in [3.8, 4) is 5.75 Å². The molecule has 4 nitrogen and oxygen atoms in total. The third kappa shape index (κ3) is 2.39. The van der Waals surface area contributed by atoms with Gasteiger partial charge in [-0.2, -0.15) is 0 Å². The van der Waals surface area contributed by atoms with E-state index in [1.807, 2.05) is 0 Å². The Hall–Kier alpha value is -1.62. The topological polar surface area (TPSA) is 69.6 Å². The smallest absolute Gasteiger partial charge is 0.339 e. The third-order valence-corrected chi connectivity index (χ3v) is 3.03. The Bertz CT molecular complexity index is 442. The third-order valence-electron chi connectivity index (χ3n) is 3.03. The summed E-state index contributed by atoms with van der Waals surface area (Å²) < 4.78 is 13.4. The molecule has 0 aromatic heterocycles. The van der Waals surface area contributed by atoms with Gasteiger partial charge in [0.2, 0.25) is 0 Å². The lowest BCUT2D eigenvalue weighted by molar-refractivity contribution is 0.0692. The van der Waals surface area contributed by atoms with E-state index in [0.717, 1.165) is 25.8 Å². The molecule has 17 heavy (non-hydrogen) atoms. The molecule has 92 valence electrons. The number of phenols is 1. The van der Waals surface area contributed by atoms with Crippen molar-refractivity contribution >= 4 is 5.97 Å². The molecular weight excluding hydrogens is 225 g/mol. The highest BCUT2D eigenvalue weighted by Crippen LogP contribution is 2.29. The molecule has 0 saturated carbocycles. The predicted molar refractivity (Wildman–Crippen MR) is 59.6 cm³/mol. The highest BCUT2D eigenvalue weighted by atomic mass is 19.1. The van der Waals surface area contributed by atoms with Gasteiger partial charge in [0.25, 0.3) is 0 Å². The SMILES string of the molecule is O=C(O)c1cc(C2CCCCN2)cc(F)c1O. The summed E-state index contributed by atoms with van der Waals surface area (Å²) in [4.78, 5) is 10.9. The first-order valence-electron chi connectivity index (χ1n) is 5.58. The Balaban J connectivity index is 2.37. The minimum atomic E-state index is -1.32. The summed E-state index contributed by atoms with van der Waals surface area (Å²) in [6, 6.07) is 2.51. The molecule has 1 atom stereocenters. The molecule has 0 bridgehead atoms. The zero-order chi connectivity index (χ0) is 12.4. The Kier molecular flexibility index (Phi) is 3.28. The van der Waals surface area contributed by atoms with Crippen molar-refractivity contribution in [1.29, 1.82) is 0 Å². The van der Waals surface area contributed by atoms with Crippen molar-refractivity contribution in [2.24, 2.45) is 0 Å². The molecule has 1 aliphatic rings. The molecule has 0 spiro atoms. The number of nitrogens with one attached hydrogen (secondary N) is 1. The van der Waals surface area contributed by atoms with Gasteiger partial charge in [-0.25, -0.2) is 9.18 Å². The van der Waals surface area contributed by atoms with Gasteiger partial charge in [0.05, 0.1) is 0 Å². The Morgan fingerprint density at radius 3 is 2.76 bits per heavy atom. The molecule has 1 unspecified atom stereocenters. The van der Waals surface area contributed by atoms with Gasteiger partial charge in [-0.15, -0.1) is 0 Å². The van der Waals surface area contributed by atoms with Crippen LogP contribution in [0, 0.1) is 5.82 Å². The van der Waals surface area contributed by atoms with Gasteiger partial charge in [-0.3, -0.25) is 0 Å². The number of carboxylic acid groups (broad SMARTS) is 1. The second kappa shape index (κ2) is 4.71. The van der Waals surface area contributed by atoms with Gasteiger partial charge in [0, 0.05) is 6.04 Å². The number of piperidine rings is 1. The molecule has 1 heterocycles. The summed E-state index contributed by atoms with van der Waals surface area (Å²) in [5, 5.41) is 21.4. The number of hydrogen-bond acceptors (Lipinski definition) is 3. The van der Waals surface area contributed by atoms with Crippen molar-refractivity contribution in [2.75, 3.05) is 6.54 Å². The van der Waals surface area contributed by atoms with Gasteiger partial charge in [0.1, 0.15) is 5.56 Å². The number of hydrogen-bond donors (Lipinski definition) is 3. The summed E-state index contributed by atoms with van der Waals surface area (Å²) >= 11 is 0. The van der Waals surface area contributed by atoms with Gasteiger partial charge in [-0.05, 0) is 37.1 Å². The number of aromatic carboxylic acids is 1. The Morgan fingerprint density at radius 2 is 2.18 bits per heavy atom. The maximum Gasteiger partial charge on any atom is 0.339 e. The summed E-state index contributed by atoms with van der Waals surface area (Å²) in [6.07, 6.45) is 2.95. The maximum atomic E-state index is 13.4. The van der Waals surface area contributed by atoms with Crippen LogP contribution in [-0.2, 0) is 0 Å². The van der Waals surface area contributed by atoms with Crippen molar-refractivity contribution in [2.45, 2.75) is 25.3 Å². The largest absolute Gasteiger partial charge is 0.504 e. The fourth-order valence-corrected chi connectivity index (χ4v) is 2.12. The fourth-order valence-electron chi connectivity index (χ4n) is 2.12. The molecular formula is C12H14FNO3. The molecule has 3 N–H and O–H groups in total. The van der Waals surface area contributed by atoms with Gasteiger partial charge < -0.3 is 15.5 Å². The predicted octanol–water partition coefficient (Wildman–Crippen LogP) is 2.04. The van der Waals surface area contributed by atoms with E-state index in [1.54, 1.807) is 0 Å². The van der Waals surface area contributed by atoms with Crippen molar-refractivity contribution in [1.82, 2.24) is 5.32 Å². The van der Waals surface area contributed by atoms with Crippen LogP contribution in [0.15, 0.2) is 12.1 Å². The average Bonchev–Trinajstić information content (AvgIpc) is 2.33. The second-order valence-corrected chi connectivity index (χ2v) is 4.21. The Labute approximate surface area is 98.1 Å².